The Kier molecular flexibility index (Phi) is 8.48. The van der Waals surface area contributed by atoms with Crippen LogP contribution in [0.1, 0.15) is 31.4 Å². The Morgan fingerprint density at radius 3 is 2.19 bits per heavy atom. The zero-order valence-corrected chi connectivity index (χ0v) is 22.1. The van der Waals surface area contributed by atoms with Gasteiger partial charge in [-0.25, -0.2) is 17.2 Å². The molecular weight excluding hydrogens is 510 g/mol. The lowest BCUT2D eigenvalue weighted by atomic mass is 10.0. The molecule has 0 radical (unpaired) electrons. The van der Waals surface area contributed by atoms with Crippen molar-refractivity contribution < 1.29 is 26.7 Å². The maximum atomic E-state index is 14.5. The standard InChI is InChI=1S/C26H29ClF2N2O4S/c1-26(2,30)12-13-31(36(32,33)19-9-11-24(34-3)25(16-19)35-4)23-10-8-18(27)14-17(23)15-20-21(28)6-5-7-22(20)29/h5-11,14,16H,12-13,15,30H2,1-4H3. The van der Waals surface area contributed by atoms with E-state index in [4.69, 9.17) is 26.8 Å². The second-order valence-corrected chi connectivity index (χ2v) is 11.3. The average Bonchev–Trinajstić information content (AvgIpc) is 2.81. The van der Waals surface area contributed by atoms with Crippen LogP contribution >= 0.6 is 11.6 Å². The predicted octanol–water partition coefficient (Wildman–Crippen LogP) is 5.55. The molecule has 3 rings (SSSR count). The van der Waals surface area contributed by atoms with Gasteiger partial charge in [0.1, 0.15) is 11.6 Å². The van der Waals surface area contributed by atoms with E-state index in [1.54, 1.807) is 13.8 Å². The molecule has 0 aliphatic rings. The van der Waals surface area contributed by atoms with Crippen molar-refractivity contribution in [1.82, 2.24) is 0 Å². The number of methoxy groups -OCH3 is 2. The molecule has 10 heteroatoms. The minimum Gasteiger partial charge on any atom is -0.493 e. The van der Waals surface area contributed by atoms with E-state index < -0.39 is 27.2 Å². The van der Waals surface area contributed by atoms with Crippen molar-refractivity contribution in [3.8, 4) is 11.5 Å². The highest BCUT2D eigenvalue weighted by Gasteiger charge is 2.30. The van der Waals surface area contributed by atoms with Crippen LogP contribution in [0.2, 0.25) is 5.02 Å². The lowest BCUT2D eigenvalue weighted by Gasteiger charge is -2.30. The Morgan fingerprint density at radius 2 is 1.61 bits per heavy atom. The van der Waals surface area contributed by atoms with Crippen molar-refractivity contribution in [3.05, 3.63) is 82.4 Å². The SMILES string of the molecule is COc1ccc(S(=O)(=O)N(CCC(C)(C)N)c2ccc(Cl)cc2Cc2c(F)cccc2F)cc1OC. The molecule has 0 aliphatic heterocycles. The van der Waals surface area contributed by atoms with Crippen molar-refractivity contribution in [2.24, 2.45) is 5.73 Å². The lowest BCUT2D eigenvalue weighted by molar-refractivity contribution is 0.354. The third-order valence-corrected chi connectivity index (χ3v) is 7.69. The van der Waals surface area contributed by atoms with Crippen molar-refractivity contribution in [2.45, 2.75) is 37.1 Å². The van der Waals surface area contributed by atoms with Crippen molar-refractivity contribution in [1.29, 1.82) is 0 Å². The van der Waals surface area contributed by atoms with Gasteiger partial charge in [-0.15, -0.1) is 0 Å². The molecule has 2 N–H and O–H groups in total. The molecule has 0 atom stereocenters. The number of hydrogen-bond acceptors (Lipinski definition) is 5. The zero-order chi connectivity index (χ0) is 26.7. The van der Waals surface area contributed by atoms with Crippen LogP contribution < -0.4 is 19.5 Å². The van der Waals surface area contributed by atoms with Crippen LogP contribution in [0.25, 0.3) is 0 Å². The summed E-state index contributed by atoms with van der Waals surface area (Å²) >= 11 is 6.22. The van der Waals surface area contributed by atoms with E-state index in [2.05, 4.69) is 0 Å². The summed E-state index contributed by atoms with van der Waals surface area (Å²) in [5.41, 5.74) is 5.87. The van der Waals surface area contributed by atoms with E-state index in [0.29, 0.717) is 22.8 Å². The fourth-order valence-electron chi connectivity index (χ4n) is 3.69. The van der Waals surface area contributed by atoms with Crippen LogP contribution in [0, 0.1) is 11.6 Å². The molecule has 3 aromatic carbocycles. The molecule has 0 aliphatic carbocycles. The first-order valence-corrected chi connectivity index (χ1v) is 12.9. The second-order valence-electron chi connectivity index (χ2n) is 8.98. The van der Waals surface area contributed by atoms with Gasteiger partial charge in [0.05, 0.1) is 24.8 Å². The number of benzene rings is 3. The predicted molar refractivity (Wildman–Crippen MR) is 138 cm³/mol. The number of nitrogens with zero attached hydrogens (tertiary/aromatic N) is 1. The molecule has 0 fully saturated rings. The maximum absolute atomic E-state index is 14.5. The lowest BCUT2D eigenvalue weighted by Crippen LogP contribution is -2.40. The minimum absolute atomic E-state index is 0.00850. The van der Waals surface area contributed by atoms with Gasteiger partial charge in [-0.05, 0) is 68.3 Å². The highest BCUT2D eigenvalue weighted by atomic mass is 35.5. The summed E-state index contributed by atoms with van der Waals surface area (Å²) in [6, 6.07) is 12.4. The summed E-state index contributed by atoms with van der Waals surface area (Å²) in [7, 11) is -1.32. The Balaban J connectivity index is 2.18. The van der Waals surface area contributed by atoms with Gasteiger partial charge in [0.25, 0.3) is 10.0 Å². The Labute approximate surface area is 215 Å². The van der Waals surface area contributed by atoms with E-state index in [0.717, 1.165) is 12.1 Å². The van der Waals surface area contributed by atoms with Crippen LogP contribution in [0.5, 0.6) is 11.5 Å². The van der Waals surface area contributed by atoms with E-state index in [-0.39, 0.29) is 34.9 Å². The van der Waals surface area contributed by atoms with Crippen molar-refractivity contribution in [2.75, 3.05) is 25.1 Å². The normalized spacial score (nSPS) is 11.9. The first kappa shape index (κ1) is 27.7. The second kappa shape index (κ2) is 11.0. The molecule has 0 saturated carbocycles. The van der Waals surface area contributed by atoms with Gasteiger partial charge in [0.2, 0.25) is 0 Å². The number of hydrogen-bond donors (Lipinski definition) is 1. The highest BCUT2D eigenvalue weighted by molar-refractivity contribution is 7.92. The molecule has 36 heavy (non-hydrogen) atoms. The van der Waals surface area contributed by atoms with Gasteiger partial charge in [-0.3, -0.25) is 4.31 Å². The number of nitrogens with two attached hydrogens (primary N) is 1. The minimum atomic E-state index is -4.17. The van der Waals surface area contributed by atoms with Gasteiger partial charge < -0.3 is 15.2 Å². The number of halogens is 3. The van der Waals surface area contributed by atoms with Gasteiger partial charge in [0.15, 0.2) is 11.5 Å². The van der Waals surface area contributed by atoms with Crippen LogP contribution in [0.15, 0.2) is 59.5 Å². The summed E-state index contributed by atoms with van der Waals surface area (Å²) in [4.78, 5) is -0.0482. The monoisotopic (exact) mass is 538 g/mol. The van der Waals surface area contributed by atoms with Crippen LogP contribution in [0.4, 0.5) is 14.5 Å². The van der Waals surface area contributed by atoms with Crippen LogP contribution in [0.3, 0.4) is 0 Å². The van der Waals surface area contributed by atoms with Gasteiger partial charge in [-0.1, -0.05) is 17.7 Å². The maximum Gasteiger partial charge on any atom is 0.264 e. The molecule has 0 spiro atoms. The van der Waals surface area contributed by atoms with Gasteiger partial charge in [0, 0.05) is 35.2 Å². The number of anilines is 1. The highest BCUT2D eigenvalue weighted by Crippen LogP contribution is 2.35. The Bertz CT molecular complexity index is 1320. The average molecular weight is 539 g/mol. The third kappa shape index (κ3) is 6.27. The third-order valence-electron chi connectivity index (χ3n) is 5.64. The Hall–Kier alpha value is -2.88. The van der Waals surface area contributed by atoms with Crippen molar-refractivity contribution >= 4 is 27.3 Å². The molecule has 0 aromatic heterocycles. The molecule has 194 valence electrons. The quantitative estimate of drug-likeness (QED) is 0.366. The van der Waals surface area contributed by atoms with E-state index >= 15 is 0 Å². The fraction of sp³-hybridized carbons (Fsp3) is 0.308. The molecular formula is C26H29ClF2N2O4S. The summed E-state index contributed by atoms with van der Waals surface area (Å²) in [5, 5.41) is 0.299. The number of ether oxygens (including phenoxy) is 2. The fourth-order valence-corrected chi connectivity index (χ4v) is 5.41. The van der Waals surface area contributed by atoms with Crippen LogP contribution in [-0.2, 0) is 16.4 Å². The van der Waals surface area contributed by atoms with Crippen molar-refractivity contribution in [3.63, 3.8) is 0 Å². The summed E-state index contributed by atoms with van der Waals surface area (Å²) < 4.78 is 68.6. The summed E-state index contributed by atoms with van der Waals surface area (Å²) in [6.45, 7) is 3.58. The topological polar surface area (TPSA) is 81.9 Å². The Morgan fingerprint density at radius 1 is 0.972 bits per heavy atom. The molecule has 0 unspecified atom stereocenters. The molecule has 6 nitrogen and oxygen atoms in total. The smallest absolute Gasteiger partial charge is 0.264 e. The van der Waals surface area contributed by atoms with E-state index in [1.165, 1.54) is 61.0 Å². The molecule has 0 bridgehead atoms. The molecule has 0 amide bonds. The van der Waals surface area contributed by atoms with Crippen LogP contribution in [-0.4, -0.2) is 34.7 Å². The summed E-state index contributed by atoms with van der Waals surface area (Å²) in [5.74, 6) is -0.868. The molecule has 0 saturated heterocycles. The largest absolute Gasteiger partial charge is 0.493 e. The first-order valence-electron chi connectivity index (χ1n) is 11.1. The van der Waals surface area contributed by atoms with Gasteiger partial charge >= 0.3 is 0 Å². The number of rotatable bonds is 10. The van der Waals surface area contributed by atoms with E-state index in [9.17, 15) is 17.2 Å². The van der Waals surface area contributed by atoms with Gasteiger partial charge in [-0.2, -0.15) is 0 Å². The zero-order valence-electron chi connectivity index (χ0n) is 20.5. The first-order chi connectivity index (χ1) is 16.9. The number of sulfonamides is 1. The molecule has 0 heterocycles. The summed E-state index contributed by atoms with van der Waals surface area (Å²) in [6.07, 6.45) is 0.0913. The van der Waals surface area contributed by atoms with E-state index in [1.807, 2.05) is 0 Å². The molecule has 3 aromatic rings.